The summed E-state index contributed by atoms with van der Waals surface area (Å²) in [7, 11) is 0. The van der Waals surface area contributed by atoms with Crippen LogP contribution in [0.25, 0.3) is 0 Å². The molecule has 3 fully saturated rings. The van der Waals surface area contributed by atoms with E-state index in [9.17, 15) is 4.79 Å². The number of hydrogen-bond acceptors (Lipinski definition) is 3. The average molecular weight is 385 g/mol. The first-order chi connectivity index (χ1) is 11.6. The maximum atomic E-state index is 13.6. The summed E-state index contributed by atoms with van der Waals surface area (Å²) in [5.41, 5.74) is 6.79. The minimum absolute atomic E-state index is 0. The summed E-state index contributed by atoms with van der Waals surface area (Å²) in [4.78, 5) is 15.6. The number of nitrogens with two attached hydrogens (primary N) is 1. The van der Waals surface area contributed by atoms with Crippen LogP contribution in [-0.4, -0.2) is 43.2 Å². The van der Waals surface area contributed by atoms with Crippen LogP contribution in [0.5, 0.6) is 0 Å². The molecule has 0 radical (unpaired) electrons. The Morgan fingerprint density at radius 2 is 2.00 bits per heavy atom. The van der Waals surface area contributed by atoms with Gasteiger partial charge in [0.15, 0.2) is 0 Å². The molecule has 138 valence electrons. The number of hydrogen-bond donors (Lipinski definition) is 1. The van der Waals surface area contributed by atoms with Crippen LogP contribution < -0.4 is 5.73 Å². The first kappa shape index (κ1) is 19.0. The number of carbonyl (C=O) groups excluding carboxylic acids is 1. The molecule has 0 aromatic heterocycles. The Hall–Kier alpha value is -0.810. The highest BCUT2D eigenvalue weighted by molar-refractivity contribution is 6.30. The molecular weight excluding hydrogens is 359 g/mol. The second-order valence-corrected chi connectivity index (χ2v) is 8.02. The molecular formula is C19H26Cl2N2O2. The van der Waals surface area contributed by atoms with Crippen LogP contribution in [0.2, 0.25) is 5.02 Å². The van der Waals surface area contributed by atoms with E-state index in [0.717, 1.165) is 44.3 Å². The molecule has 2 heterocycles. The van der Waals surface area contributed by atoms with Gasteiger partial charge in [-0.25, -0.2) is 0 Å². The Kier molecular flexibility index (Phi) is 5.64. The van der Waals surface area contributed by atoms with E-state index in [-0.39, 0.29) is 24.4 Å². The zero-order valence-corrected chi connectivity index (χ0v) is 15.9. The van der Waals surface area contributed by atoms with Gasteiger partial charge in [0.05, 0.1) is 5.41 Å². The molecule has 6 heteroatoms. The molecule has 2 saturated heterocycles. The largest absolute Gasteiger partial charge is 0.381 e. The van der Waals surface area contributed by atoms with Crippen LogP contribution in [0.3, 0.4) is 0 Å². The van der Waals surface area contributed by atoms with E-state index in [1.807, 2.05) is 24.3 Å². The van der Waals surface area contributed by atoms with Gasteiger partial charge in [0.2, 0.25) is 5.91 Å². The highest BCUT2D eigenvalue weighted by Gasteiger charge is 2.49. The fourth-order valence-corrected chi connectivity index (χ4v) is 5.10. The van der Waals surface area contributed by atoms with Gasteiger partial charge in [-0.1, -0.05) is 23.7 Å². The number of fused-ring (bicyclic) bond motifs is 1. The van der Waals surface area contributed by atoms with E-state index in [1.165, 1.54) is 0 Å². The smallest absolute Gasteiger partial charge is 0.233 e. The third-order valence-corrected chi connectivity index (χ3v) is 6.57. The molecule has 3 atom stereocenters. The van der Waals surface area contributed by atoms with Crippen molar-refractivity contribution in [1.29, 1.82) is 0 Å². The monoisotopic (exact) mass is 384 g/mol. The summed E-state index contributed by atoms with van der Waals surface area (Å²) in [6.07, 6.45) is 3.71. The number of carbonyl (C=O) groups is 1. The Bertz CT molecular complexity index is 634. The van der Waals surface area contributed by atoms with Crippen LogP contribution in [-0.2, 0) is 14.9 Å². The lowest BCUT2D eigenvalue weighted by molar-refractivity contribution is -0.140. The van der Waals surface area contributed by atoms with Gasteiger partial charge in [-0.2, -0.15) is 0 Å². The van der Waals surface area contributed by atoms with Crippen molar-refractivity contribution in [3.8, 4) is 0 Å². The van der Waals surface area contributed by atoms with Crippen LogP contribution in [0, 0.1) is 11.8 Å². The molecule has 25 heavy (non-hydrogen) atoms. The normalized spacial score (nSPS) is 30.6. The van der Waals surface area contributed by atoms with Crippen LogP contribution in [0.1, 0.15) is 31.2 Å². The topological polar surface area (TPSA) is 55.6 Å². The number of ether oxygens (including phenoxy) is 1. The second-order valence-electron chi connectivity index (χ2n) is 7.58. The van der Waals surface area contributed by atoms with Crippen molar-refractivity contribution < 1.29 is 9.53 Å². The zero-order chi connectivity index (χ0) is 16.7. The highest BCUT2D eigenvalue weighted by Crippen LogP contribution is 2.42. The summed E-state index contributed by atoms with van der Waals surface area (Å²) in [6.45, 7) is 2.92. The SMILES string of the molecule is Cl.NC1CCC2CN(C(=O)C3(c4cccc(Cl)c4)CCOCC3)CC12. The third kappa shape index (κ3) is 3.30. The first-order valence-corrected chi connectivity index (χ1v) is 9.37. The summed E-state index contributed by atoms with van der Waals surface area (Å²) >= 11 is 6.21. The van der Waals surface area contributed by atoms with Gasteiger partial charge in [-0.15, -0.1) is 12.4 Å². The van der Waals surface area contributed by atoms with E-state index in [4.69, 9.17) is 22.1 Å². The molecule has 3 aliphatic rings. The molecule has 1 amide bonds. The van der Waals surface area contributed by atoms with Gasteiger partial charge in [-0.05, 0) is 55.2 Å². The minimum atomic E-state index is -0.494. The van der Waals surface area contributed by atoms with Gasteiger partial charge in [0.25, 0.3) is 0 Å². The predicted octanol–water partition coefficient (Wildman–Crippen LogP) is 3.01. The minimum Gasteiger partial charge on any atom is -0.381 e. The van der Waals surface area contributed by atoms with Crippen molar-refractivity contribution >= 4 is 29.9 Å². The number of halogens is 2. The highest BCUT2D eigenvalue weighted by atomic mass is 35.5. The average Bonchev–Trinajstić information content (AvgIpc) is 3.17. The maximum Gasteiger partial charge on any atom is 0.233 e. The maximum absolute atomic E-state index is 13.6. The fraction of sp³-hybridized carbons (Fsp3) is 0.632. The standard InChI is InChI=1S/C19H25ClN2O2.ClH/c20-15-3-1-2-14(10-15)19(6-8-24-9-7-19)18(23)22-11-13-4-5-17(21)16(13)12-22;/h1-3,10,13,16-17H,4-9,11-12,21H2;1H. The second kappa shape index (κ2) is 7.43. The molecule has 1 aromatic rings. The van der Waals surface area contributed by atoms with Crippen LogP contribution in [0.15, 0.2) is 24.3 Å². The molecule has 2 N–H and O–H groups in total. The van der Waals surface area contributed by atoms with Crippen molar-refractivity contribution in [2.24, 2.45) is 17.6 Å². The number of likely N-dealkylation sites (tertiary alicyclic amines) is 1. The zero-order valence-electron chi connectivity index (χ0n) is 14.3. The molecule has 4 rings (SSSR count). The molecule has 0 bridgehead atoms. The summed E-state index contributed by atoms with van der Waals surface area (Å²) in [6, 6.07) is 8.05. The van der Waals surface area contributed by atoms with Gasteiger partial charge < -0.3 is 15.4 Å². The van der Waals surface area contributed by atoms with E-state index >= 15 is 0 Å². The van der Waals surface area contributed by atoms with Crippen molar-refractivity contribution in [2.45, 2.75) is 37.1 Å². The number of rotatable bonds is 2. The quantitative estimate of drug-likeness (QED) is 0.852. The molecule has 0 spiro atoms. The molecule has 1 aromatic carbocycles. The summed E-state index contributed by atoms with van der Waals surface area (Å²) < 4.78 is 5.56. The first-order valence-electron chi connectivity index (χ1n) is 8.99. The molecule has 1 saturated carbocycles. The van der Waals surface area contributed by atoms with E-state index in [2.05, 4.69) is 4.90 Å². The third-order valence-electron chi connectivity index (χ3n) is 6.33. The van der Waals surface area contributed by atoms with Gasteiger partial charge in [-0.3, -0.25) is 4.79 Å². The Morgan fingerprint density at radius 1 is 1.24 bits per heavy atom. The van der Waals surface area contributed by atoms with Crippen molar-refractivity contribution in [3.63, 3.8) is 0 Å². The van der Waals surface area contributed by atoms with Gasteiger partial charge in [0, 0.05) is 37.4 Å². The molecule has 2 aliphatic heterocycles. The van der Waals surface area contributed by atoms with Crippen molar-refractivity contribution in [3.05, 3.63) is 34.9 Å². The lowest BCUT2D eigenvalue weighted by Gasteiger charge is -2.39. The number of benzene rings is 1. The summed E-state index contributed by atoms with van der Waals surface area (Å²) in [5, 5.41) is 0.687. The lowest BCUT2D eigenvalue weighted by Crippen LogP contribution is -2.49. The Morgan fingerprint density at radius 3 is 2.68 bits per heavy atom. The van der Waals surface area contributed by atoms with Gasteiger partial charge >= 0.3 is 0 Å². The van der Waals surface area contributed by atoms with E-state index < -0.39 is 5.41 Å². The number of amides is 1. The Labute approximate surface area is 160 Å². The summed E-state index contributed by atoms with van der Waals surface area (Å²) in [5.74, 6) is 1.31. The lowest BCUT2D eigenvalue weighted by atomic mass is 9.73. The van der Waals surface area contributed by atoms with Crippen molar-refractivity contribution in [2.75, 3.05) is 26.3 Å². The van der Waals surface area contributed by atoms with E-state index in [0.29, 0.717) is 30.1 Å². The molecule has 1 aliphatic carbocycles. The Balaban J connectivity index is 0.00000182. The molecule has 4 nitrogen and oxygen atoms in total. The van der Waals surface area contributed by atoms with E-state index in [1.54, 1.807) is 0 Å². The van der Waals surface area contributed by atoms with Crippen LogP contribution in [0.4, 0.5) is 0 Å². The predicted molar refractivity (Wildman–Crippen MR) is 101 cm³/mol. The van der Waals surface area contributed by atoms with Crippen LogP contribution >= 0.6 is 24.0 Å². The van der Waals surface area contributed by atoms with Crippen molar-refractivity contribution in [1.82, 2.24) is 4.90 Å². The van der Waals surface area contributed by atoms with Gasteiger partial charge in [0.1, 0.15) is 0 Å². The molecule has 3 unspecified atom stereocenters. The number of nitrogens with zero attached hydrogens (tertiary/aromatic N) is 1. The fourth-order valence-electron chi connectivity index (χ4n) is 4.91.